The van der Waals surface area contributed by atoms with Gasteiger partial charge in [0, 0.05) is 21.2 Å². The van der Waals surface area contributed by atoms with Crippen LogP contribution in [0.1, 0.15) is 30.2 Å². The number of rotatable bonds is 5. The Hall–Kier alpha value is -0.500. The summed E-state index contributed by atoms with van der Waals surface area (Å²) in [6, 6.07) is 0. The van der Waals surface area contributed by atoms with E-state index < -0.39 is 12.4 Å². The van der Waals surface area contributed by atoms with E-state index >= 15 is 0 Å². The standard InChI is InChI=1S/C11H11ClF2INO2/c1-2-18-9(17)3-8-10(11(13)14)6(4-12)7(15)5-16-8/h5,11H,2-4H2,1H3. The Balaban J connectivity index is 3.15. The lowest BCUT2D eigenvalue weighted by Crippen LogP contribution is -2.13. The van der Waals surface area contributed by atoms with Crippen LogP contribution in [-0.4, -0.2) is 17.6 Å². The van der Waals surface area contributed by atoms with Crippen molar-refractivity contribution in [2.45, 2.75) is 25.7 Å². The van der Waals surface area contributed by atoms with Crippen LogP contribution in [0.25, 0.3) is 0 Å². The van der Waals surface area contributed by atoms with E-state index in [1.165, 1.54) is 6.20 Å². The van der Waals surface area contributed by atoms with Gasteiger partial charge in [-0.25, -0.2) is 8.78 Å². The third kappa shape index (κ3) is 3.74. The fourth-order valence-corrected chi connectivity index (χ4v) is 2.60. The highest BCUT2D eigenvalue weighted by molar-refractivity contribution is 14.1. The second-order valence-electron chi connectivity index (χ2n) is 3.36. The number of hydrogen-bond acceptors (Lipinski definition) is 3. The highest BCUT2D eigenvalue weighted by Gasteiger charge is 2.22. The summed E-state index contributed by atoms with van der Waals surface area (Å²) in [5.41, 5.74) is 0.0889. The van der Waals surface area contributed by atoms with Gasteiger partial charge in [-0.15, -0.1) is 11.6 Å². The molecule has 0 bridgehead atoms. The van der Waals surface area contributed by atoms with E-state index in [1.54, 1.807) is 6.92 Å². The molecule has 0 radical (unpaired) electrons. The molecular formula is C11H11ClF2INO2. The number of carbonyl (C=O) groups is 1. The Bertz CT molecular complexity index is 443. The molecule has 1 aromatic heterocycles. The molecule has 18 heavy (non-hydrogen) atoms. The summed E-state index contributed by atoms with van der Waals surface area (Å²) < 4.78 is 31.4. The fraction of sp³-hybridized carbons (Fsp3) is 0.455. The molecule has 0 aromatic carbocycles. The van der Waals surface area contributed by atoms with Gasteiger partial charge in [0.1, 0.15) is 0 Å². The second-order valence-corrected chi connectivity index (χ2v) is 4.79. The zero-order valence-corrected chi connectivity index (χ0v) is 12.5. The molecule has 0 fully saturated rings. The maximum Gasteiger partial charge on any atom is 0.311 e. The van der Waals surface area contributed by atoms with Crippen LogP contribution >= 0.6 is 34.2 Å². The SMILES string of the molecule is CCOC(=O)Cc1ncc(I)c(CCl)c1C(F)F. The van der Waals surface area contributed by atoms with Gasteiger partial charge < -0.3 is 4.74 Å². The normalized spacial score (nSPS) is 10.8. The Morgan fingerprint density at radius 3 is 2.78 bits per heavy atom. The molecule has 0 amide bonds. The topological polar surface area (TPSA) is 39.2 Å². The van der Waals surface area contributed by atoms with Gasteiger partial charge in [-0.3, -0.25) is 9.78 Å². The van der Waals surface area contributed by atoms with Crippen LogP contribution in [0.5, 0.6) is 0 Å². The van der Waals surface area contributed by atoms with Gasteiger partial charge in [-0.1, -0.05) is 0 Å². The monoisotopic (exact) mass is 389 g/mol. The van der Waals surface area contributed by atoms with E-state index in [-0.39, 0.29) is 30.2 Å². The first-order valence-electron chi connectivity index (χ1n) is 5.17. The fourth-order valence-electron chi connectivity index (χ4n) is 1.47. The van der Waals surface area contributed by atoms with Crippen LogP contribution in [0, 0.1) is 3.57 Å². The van der Waals surface area contributed by atoms with E-state index in [0.29, 0.717) is 9.13 Å². The minimum Gasteiger partial charge on any atom is -0.466 e. The van der Waals surface area contributed by atoms with E-state index in [0.717, 1.165) is 0 Å². The lowest BCUT2D eigenvalue weighted by atomic mass is 10.1. The molecule has 1 aromatic rings. The number of ether oxygens (including phenoxy) is 1. The van der Waals surface area contributed by atoms with Gasteiger partial charge in [0.15, 0.2) is 0 Å². The summed E-state index contributed by atoms with van der Waals surface area (Å²) in [5.74, 6) is -0.621. The molecule has 1 rings (SSSR count). The van der Waals surface area contributed by atoms with Crippen LogP contribution in [0.15, 0.2) is 6.20 Å². The van der Waals surface area contributed by atoms with Crippen molar-refractivity contribution in [3.05, 3.63) is 26.6 Å². The number of hydrogen-bond donors (Lipinski definition) is 0. The summed E-state index contributed by atoms with van der Waals surface area (Å²) in [5, 5.41) is 0. The summed E-state index contributed by atoms with van der Waals surface area (Å²) in [7, 11) is 0. The minimum atomic E-state index is -2.72. The molecule has 0 aliphatic heterocycles. The number of alkyl halides is 3. The molecule has 7 heteroatoms. The van der Waals surface area contributed by atoms with Crippen molar-refractivity contribution >= 4 is 40.2 Å². The van der Waals surface area contributed by atoms with Gasteiger partial charge in [0.2, 0.25) is 0 Å². The lowest BCUT2D eigenvalue weighted by Gasteiger charge is -2.13. The molecule has 3 nitrogen and oxygen atoms in total. The van der Waals surface area contributed by atoms with Gasteiger partial charge in [0.05, 0.1) is 18.7 Å². The average Bonchev–Trinajstić information content (AvgIpc) is 2.30. The zero-order chi connectivity index (χ0) is 13.7. The van der Waals surface area contributed by atoms with E-state index in [2.05, 4.69) is 4.98 Å². The highest BCUT2D eigenvalue weighted by atomic mass is 127. The molecule has 0 unspecified atom stereocenters. The van der Waals surface area contributed by atoms with Crippen LogP contribution in [0.2, 0.25) is 0 Å². The van der Waals surface area contributed by atoms with Crippen molar-refractivity contribution in [1.82, 2.24) is 4.98 Å². The first kappa shape index (κ1) is 15.6. The van der Waals surface area contributed by atoms with E-state index in [4.69, 9.17) is 16.3 Å². The Labute approximate surface area is 122 Å². The van der Waals surface area contributed by atoms with Gasteiger partial charge in [0.25, 0.3) is 6.43 Å². The Kier molecular flexibility index (Phi) is 6.20. The lowest BCUT2D eigenvalue weighted by molar-refractivity contribution is -0.142. The van der Waals surface area contributed by atoms with Crippen molar-refractivity contribution in [2.75, 3.05) is 6.61 Å². The molecule has 0 aliphatic rings. The summed E-state index contributed by atoms with van der Waals surface area (Å²) in [6.45, 7) is 1.85. The number of esters is 1. The smallest absolute Gasteiger partial charge is 0.311 e. The second kappa shape index (κ2) is 7.18. The first-order valence-corrected chi connectivity index (χ1v) is 6.78. The van der Waals surface area contributed by atoms with Crippen LogP contribution in [-0.2, 0) is 21.8 Å². The number of pyridine rings is 1. The molecule has 0 saturated heterocycles. The average molecular weight is 390 g/mol. The first-order chi connectivity index (χ1) is 8.51. The van der Waals surface area contributed by atoms with E-state index in [1.807, 2.05) is 22.6 Å². The number of aromatic nitrogens is 1. The number of nitrogens with zero attached hydrogens (tertiary/aromatic N) is 1. The van der Waals surface area contributed by atoms with E-state index in [9.17, 15) is 13.6 Å². The van der Waals surface area contributed by atoms with Crippen molar-refractivity contribution < 1.29 is 18.3 Å². The molecule has 0 N–H and O–H groups in total. The Morgan fingerprint density at radius 2 is 2.28 bits per heavy atom. The van der Waals surface area contributed by atoms with Gasteiger partial charge >= 0.3 is 5.97 Å². The summed E-state index contributed by atoms with van der Waals surface area (Å²) >= 11 is 7.56. The van der Waals surface area contributed by atoms with Crippen molar-refractivity contribution in [3.8, 4) is 0 Å². The predicted molar refractivity (Wildman–Crippen MR) is 71.8 cm³/mol. The van der Waals surface area contributed by atoms with Crippen LogP contribution in [0.3, 0.4) is 0 Å². The van der Waals surface area contributed by atoms with Crippen LogP contribution < -0.4 is 0 Å². The maximum absolute atomic E-state index is 13.0. The number of carbonyl (C=O) groups excluding carboxylic acids is 1. The van der Waals surface area contributed by atoms with Crippen molar-refractivity contribution in [2.24, 2.45) is 0 Å². The largest absolute Gasteiger partial charge is 0.466 e. The molecule has 0 saturated carbocycles. The molecule has 1 heterocycles. The summed E-state index contributed by atoms with van der Waals surface area (Å²) in [6.07, 6.45) is -1.56. The Morgan fingerprint density at radius 1 is 1.61 bits per heavy atom. The molecule has 0 aliphatic carbocycles. The molecule has 0 spiro atoms. The zero-order valence-electron chi connectivity index (χ0n) is 9.55. The third-order valence-electron chi connectivity index (χ3n) is 2.23. The van der Waals surface area contributed by atoms with Crippen LogP contribution in [0.4, 0.5) is 8.78 Å². The minimum absolute atomic E-state index is 0.0273. The number of halogens is 4. The third-order valence-corrected chi connectivity index (χ3v) is 3.42. The molecular weight excluding hydrogens is 378 g/mol. The maximum atomic E-state index is 13.0. The van der Waals surface area contributed by atoms with Crippen molar-refractivity contribution in [1.29, 1.82) is 0 Å². The van der Waals surface area contributed by atoms with Gasteiger partial charge in [-0.2, -0.15) is 0 Å². The molecule has 0 atom stereocenters. The highest BCUT2D eigenvalue weighted by Crippen LogP contribution is 2.30. The van der Waals surface area contributed by atoms with Gasteiger partial charge in [-0.05, 0) is 35.1 Å². The summed E-state index contributed by atoms with van der Waals surface area (Å²) in [4.78, 5) is 15.2. The predicted octanol–water partition coefficient (Wildman–Crippen LogP) is 3.47. The quantitative estimate of drug-likeness (QED) is 0.440. The molecule has 100 valence electrons. The van der Waals surface area contributed by atoms with Crippen molar-refractivity contribution in [3.63, 3.8) is 0 Å².